The minimum absolute atomic E-state index is 0.424. The van der Waals surface area contributed by atoms with E-state index in [9.17, 15) is 0 Å². The first-order valence-corrected chi connectivity index (χ1v) is 9.12. The number of hydrogen-bond donors (Lipinski definition) is 0. The Bertz CT molecular complexity index is 835. The molecule has 0 atom stereocenters. The highest BCUT2D eigenvalue weighted by atomic mass is 79.9. The van der Waals surface area contributed by atoms with E-state index in [0.29, 0.717) is 11.8 Å². The smallest absolute Gasteiger partial charge is 0.167 e. The molecule has 0 N–H and O–H groups in total. The average molecular weight is 382 g/mol. The lowest BCUT2D eigenvalue weighted by Crippen LogP contribution is -2.12. The van der Waals surface area contributed by atoms with Crippen LogP contribution in [0.25, 0.3) is 17.1 Å². The van der Waals surface area contributed by atoms with Gasteiger partial charge < -0.3 is 0 Å². The van der Waals surface area contributed by atoms with E-state index in [0.717, 1.165) is 15.9 Å². The fourth-order valence-electron chi connectivity index (χ4n) is 3.01. The largest absolute Gasteiger partial charge is 0.277 e. The van der Waals surface area contributed by atoms with Gasteiger partial charge in [-0.1, -0.05) is 28.1 Å². The highest BCUT2D eigenvalue weighted by Gasteiger charge is 2.29. The molecule has 0 spiro atoms. The van der Waals surface area contributed by atoms with Crippen molar-refractivity contribution in [3.8, 4) is 11.4 Å². The molecule has 1 aliphatic rings. The average Bonchev–Trinajstić information content (AvgIpc) is 3.03. The summed E-state index contributed by atoms with van der Waals surface area (Å²) < 4.78 is 3.28. The van der Waals surface area contributed by atoms with Gasteiger partial charge in [0.1, 0.15) is 18.0 Å². The van der Waals surface area contributed by atoms with Crippen LogP contribution in [0.3, 0.4) is 0 Å². The molecule has 1 aromatic carbocycles. The summed E-state index contributed by atoms with van der Waals surface area (Å²) in [6, 6.07) is 8.29. The molecule has 1 heterocycles. The van der Waals surface area contributed by atoms with Crippen molar-refractivity contribution in [2.24, 2.45) is 11.8 Å². The topological polar surface area (TPSA) is 17.8 Å². The Labute approximate surface area is 152 Å². The van der Waals surface area contributed by atoms with Gasteiger partial charge >= 0.3 is 0 Å². The normalized spacial score (nSPS) is 14.4. The number of halogens is 1. The summed E-state index contributed by atoms with van der Waals surface area (Å²) in [4.78, 5) is 4.64. The Morgan fingerprint density at radius 2 is 1.92 bits per heavy atom. The molecule has 3 heteroatoms. The first-order chi connectivity index (χ1) is 11.5. The Morgan fingerprint density at radius 1 is 1.12 bits per heavy atom. The SMILES string of the molecule is CC(C)C1=C[C+]=CC(C(C)C)=C1n1ccnc1-c1cccc(Br)c1. The van der Waals surface area contributed by atoms with E-state index in [1.165, 1.54) is 16.8 Å². The number of aromatic nitrogens is 2. The van der Waals surface area contributed by atoms with Gasteiger partial charge in [0.05, 0.1) is 11.1 Å². The summed E-state index contributed by atoms with van der Waals surface area (Å²) in [6.45, 7) is 8.91. The van der Waals surface area contributed by atoms with Crippen LogP contribution >= 0.6 is 15.9 Å². The van der Waals surface area contributed by atoms with Crippen LogP contribution in [0.15, 0.2) is 64.4 Å². The van der Waals surface area contributed by atoms with Crippen molar-refractivity contribution >= 4 is 21.6 Å². The number of allylic oxidation sites excluding steroid dienone is 6. The van der Waals surface area contributed by atoms with Gasteiger partial charge in [0.25, 0.3) is 0 Å². The number of hydrogen-bond acceptors (Lipinski definition) is 1. The second-order valence-electron chi connectivity index (χ2n) is 6.66. The van der Waals surface area contributed by atoms with E-state index in [1.54, 1.807) is 0 Å². The van der Waals surface area contributed by atoms with Crippen LogP contribution in [0.5, 0.6) is 0 Å². The predicted molar refractivity (Wildman–Crippen MR) is 104 cm³/mol. The summed E-state index contributed by atoms with van der Waals surface area (Å²) in [5, 5.41) is 0. The molecule has 0 bridgehead atoms. The van der Waals surface area contributed by atoms with Crippen molar-refractivity contribution in [1.82, 2.24) is 9.55 Å². The Kier molecular flexibility index (Phi) is 4.84. The second-order valence-corrected chi connectivity index (χ2v) is 7.57. The van der Waals surface area contributed by atoms with Crippen molar-refractivity contribution in [3.05, 3.63) is 70.5 Å². The fourth-order valence-corrected chi connectivity index (χ4v) is 3.41. The number of nitrogens with zero attached hydrogens (tertiary/aromatic N) is 2. The molecular weight excluding hydrogens is 360 g/mol. The molecule has 24 heavy (non-hydrogen) atoms. The highest BCUT2D eigenvalue weighted by molar-refractivity contribution is 9.10. The molecule has 2 nitrogen and oxygen atoms in total. The zero-order valence-corrected chi connectivity index (χ0v) is 16.1. The molecule has 1 aliphatic carbocycles. The van der Waals surface area contributed by atoms with Gasteiger partial charge in [-0.25, -0.2) is 4.98 Å². The van der Waals surface area contributed by atoms with Gasteiger partial charge in [-0.3, -0.25) is 4.57 Å². The van der Waals surface area contributed by atoms with Crippen molar-refractivity contribution in [3.63, 3.8) is 0 Å². The lowest BCUT2D eigenvalue weighted by molar-refractivity contribution is 0.749. The quantitative estimate of drug-likeness (QED) is 0.581. The summed E-state index contributed by atoms with van der Waals surface area (Å²) >= 11 is 3.56. The van der Waals surface area contributed by atoms with Crippen molar-refractivity contribution in [1.29, 1.82) is 0 Å². The van der Waals surface area contributed by atoms with E-state index in [2.05, 4.69) is 89.7 Å². The monoisotopic (exact) mass is 381 g/mol. The summed E-state index contributed by atoms with van der Waals surface area (Å²) in [7, 11) is 0. The van der Waals surface area contributed by atoms with E-state index in [4.69, 9.17) is 0 Å². The van der Waals surface area contributed by atoms with E-state index in [1.807, 2.05) is 18.3 Å². The first-order valence-electron chi connectivity index (χ1n) is 8.32. The molecule has 0 saturated carbocycles. The van der Waals surface area contributed by atoms with Crippen LogP contribution in [0.4, 0.5) is 0 Å². The Balaban J connectivity index is 2.22. The molecule has 1 aromatic heterocycles. The third kappa shape index (κ3) is 3.15. The van der Waals surface area contributed by atoms with Crippen LogP contribution in [-0.4, -0.2) is 9.55 Å². The maximum Gasteiger partial charge on any atom is 0.167 e. The predicted octanol–water partition coefficient (Wildman–Crippen LogP) is 6.14. The zero-order chi connectivity index (χ0) is 17.3. The number of benzene rings is 1. The third-order valence-corrected chi connectivity index (χ3v) is 4.73. The first kappa shape index (κ1) is 16.9. The lowest BCUT2D eigenvalue weighted by Gasteiger charge is -2.18. The van der Waals surface area contributed by atoms with Crippen LogP contribution in [0, 0.1) is 17.9 Å². The zero-order valence-electron chi connectivity index (χ0n) is 14.5. The second kappa shape index (κ2) is 6.88. The summed E-state index contributed by atoms with van der Waals surface area (Å²) in [6.07, 6.45) is 11.5. The van der Waals surface area contributed by atoms with E-state index < -0.39 is 0 Å². The van der Waals surface area contributed by atoms with Crippen molar-refractivity contribution in [2.45, 2.75) is 27.7 Å². The molecule has 0 fully saturated rings. The maximum absolute atomic E-state index is 4.64. The molecule has 0 radical (unpaired) electrons. The van der Waals surface area contributed by atoms with Crippen molar-refractivity contribution < 1.29 is 0 Å². The summed E-state index contributed by atoms with van der Waals surface area (Å²) in [5.74, 6) is 1.81. The van der Waals surface area contributed by atoms with E-state index in [-0.39, 0.29) is 0 Å². The Morgan fingerprint density at radius 3 is 2.58 bits per heavy atom. The molecular formula is C21H22BrN2+. The fraction of sp³-hybridized carbons (Fsp3) is 0.286. The minimum atomic E-state index is 0.424. The van der Waals surface area contributed by atoms with Gasteiger partial charge in [0.15, 0.2) is 5.70 Å². The highest BCUT2D eigenvalue weighted by Crippen LogP contribution is 2.36. The van der Waals surface area contributed by atoms with Gasteiger partial charge in [-0.05, 0) is 39.8 Å². The maximum atomic E-state index is 4.64. The summed E-state index contributed by atoms with van der Waals surface area (Å²) in [5.41, 5.74) is 4.95. The van der Waals surface area contributed by atoms with Crippen LogP contribution in [-0.2, 0) is 0 Å². The molecule has 0 amide bonds. The number of rotatable bonds is 4. The standard InChI is InChI=1S/C21H22BrN2/c1-14(2)18-9-6-10-19(15(3)4)20(18)24-12-11-23-21(24)16-7-5-8-17(22)13-16/h5,7-15H,1-4H3/q+1. The minimum Gasteiger partial charge on any atom is -0.277 e. The van der Waals surface area contributed by atoms with Gasteiger partial charge in [0.2, 0.25) is 0 Å². The van der Waals surface area contributed by atoms with Gasteiger partial charge in [0, 0.05) is 40.3 Å². The van der Waals surface area contributed by atoms with Crippen LogP contribution < -0.4 is 0 Å². The molecule has 0 unspecified atom stereocenters. The Hall–Kier alpha value is -1.96. The molecule has 0 aliphatic heterocycles. The van der Waals surface area contributed by atoms with Crippen LogP contribution in [0.1, 0.15) is 27.7 Å². The molecule has 3 rings (SSSR count). The molecule has 0 saturated heterocycles. The molecule has 2 aromatic rings. The number of imidazole rings is 1. The third-order valence-electron chi connectivity index (χ3n) is 4.23. The van der Waals surface area contributed by atoms with Crippen molar-refractivity contribution in [2.75, 3.05) is 0 Å². The molecule has 122 valence electrons. The van der Waals surface area contributed by atoms with E-state index >= 15 is 0 Å². The lowest BCUT2D eigenvalue weighted by atomic mass is 9.88. The van der Waals surface area contributed by atoms with Crippen LogP contribution in [0.2, 0.25) is 0 Å². The van der Waals surface area contributed by atoms with Gasteiger partial charge in [-0.2, -0.15) is 0 Å². The van der Waals surface area contributed by atoms with Gasteiger partial charge in [-0.15, -0.1) is 0 Å².